The van der Waals surface area contributed by atoms with Crippen LogP contribution in [0.1, 0.15) is 31.4 Å². The Kier molecular flexibility index (Phi) is 2.35. The first-order valence-corrected chi connectivity index (χ1v) is 6.98. The Morgan fingerprint density at radius 1 is 1.41 bits per heavy atom. The van der Waals surface area contributed by atoms with E-state index in [0.717, 1.165) is 0 Å². The lowest BCUT2D eigenvalue weighted by Crippen LogP contribution is -2.44. The van der Waals surface area contributed by atoms with Crippen LogP contribution in [-0.4, -0.2) is 28.0 Å². The van der Waals surface area contributed by atoms with Crippen LogP contribution >= 0.6 is 0 Å². The second kappa shape index (κ2) is 3.96. The zero-order valence-corrected chi connectivity index (χ0v) is 12.2. The van der Waals surface area contributed by atoms with Crippen molar-refractivity contribution in [2.45, 2.75) is 31.7 Å². The Balaban J connectivity index is 1.92. The number of rotatable bonds is 1. The standard InChI is InChI=1S/C16H13N3O3/c1-15(2)18-14(16-13(20)4-3-7-19(16)22-16)11-8-10(9-17)5-6-12(11)21-15/h3,5-8H,4H2,1-2H3. The maximum absolute atomic E-state index is 12.4. The van der Waals surface area contributed by atoms with Crippen molar-refractivity contribution in [3.63, 3.8) is 0 Å². The quantitative estimate of drug-likeness (QED) is 0.739. The first kappa shape index (κ1) is 13.0. The van der Waals surface area contributed by atoms with Crippen LogP contribution in [0.3, 0.4) is 0 Å². The van der Waals surface area contributed by atoms with E-state index in [1.807, 2.05) is 13.8 Å². The number of allylic oxidation sites excluding steroid dienone is 1. The molecule has 0 aliphatic carbocycles. The number of hydrogen-bond acceptors (Lipinski definition) is 6. The first-order valence-electron chi connectivity index (χ1n) is 6.98. The number of Topliss-reactive ketones (excluding diaryl/α,β-unsaturated/α-hetero) is 1. The number of aliphatic imine (C=N–C) groups is 1. The highest BCUT2D eigenvalue weighted by atomic mass is 16.9. The highest BCUT2D eigenvalue weighted by Crippen LogP contribution is 2.47. The fourth-order valence-electron chi connectivity index (χ4n) is 2.86. The van der Waals surface area contributed by atoms with Crippen LogP contribution in [0.15, 0.2) is 35.5 Å². The van der Waals surface area contributed by atoms with Gasteiger partial charge in [0.25, 0.3) is 5.72 Å². The SMILES string of the molecule is CC1(C)N=C(C23ON2C=CCC3=O)c2cc(C#N)ccc2O1. The van der Waals surface area contributed by atoms with Crippen molar-refractivity contribution in [2.75, 3.05) is 0 Å². The largest absolute Gasteiger partial charge is 0.466 e. The number of carbonyl (C=O) groups is 1. The number of carbonyl (C=O) groups excluding carboxylic acids is 1. The van der Waals surface area contributed by atoms with Crippen LogP contribution in [-0.2, 0) is 9.63 Å². The Hall–Kier alpha value is -2.65. The third kappa shape index (κ3) is 1.63. The topological polar surface area (TPSA) is 78.0 Å². The van der Waals surface area contributed by atoms with Crippen LogP contribution in [0.2, 0.25) is 0 Å². The van der Waals surface area contributed by atoms with Crippen molar-refractivity contribution in [2.24, 2.45) is 4.99 Å². The van der Waals surface area contributed by atoms with Gasteiger partial charge in [0.2, 0.25) is 0 Å². The minimum absolute atomic E-state index is 0.0697. The average molecular weight is 295 g/mol. The zero-order chi connectivity index (χ0) is 15.5. The molecule has 3 aliphatic heterocycles. The lowest BCUT2D eigenvalue weighted by Gasteiger charge is -2.31. The van der Waals surface area contributed by atoms with E-state index in [-0.39, 0.29) is 5.78 Å². The Labute approximate surface area is 127 Å². The predicted octanol–water partition coefficient (Wildman–Crippen LogP) is 1.91. The highest BCUT2D eigenvalue weighted by molar-refractivity contribution is 6.23. The molecule has 1 aromatic rings. The number of fused-ring (bicyclic) bond motifs is 2. The molecule has 110 valence electrons. The summed E-state index contributed by atoms with van der Waals surface area (Å²) >= 11 is 0. The molecule has 3 aliphatic rings. The molecule has 0 amide bonds. The number of hydroxylamine groups is 2. The van der Waals surface area contributed by atoms with Gasteiger partial charge in [-0.2, -0.15) is 5.26 Å². The molecule has 1 saturated heterocycles. The van der Waals surface area contributed by atoms with Crippen molar-refractivity contribution in [1.82, 2.24) is 5.06 Å². The number of ketones is 1. The zero-order valence-electron chi connectivity index (χ0n) is 12.2. The normalized spacial score (nSPS) is 27.2. The maximum Gasteiger partial charge on any atom is 0.291 e. The molecular formula is C16H13N3O3. The molecule has 6 nitrogen and oxygen atoms in total. The molecule has 0 N–H and O–H groups in total. The molecule has 1 aromatic carbocycles. The monoisotopic (exact) mass is 295 g/mol. The highest BCUT2D eigenvalue weighted by Gasteiger charge is 2.66. The number of nitriles is 1. The summed E-state index contributed by atoms with van der Waals surface area (Å²) in [6, 6.07) is 7.20. The minimum atomic E-state index is -1.17. The van der Waals surface area contributed by atoms with Gasteiger partial charge in [0.15, 0.2) is 11.5 Å². The fourth-order valence-corrected chi connectivity index (χ4v) is 2.86. The van der Waals surface area contributed by atoms with Gasteiger partial charge in [0.1, 0.15) is 11.5 Å². The summed E-state index contributed by atoms with van der Waals surface area (Å²) in [5, 5.41) is 10.6. The van der Waals surface area contributed by atoms with E-state index < -0.39 is 11.4 Å². The van der Waals surface area contributed by atoms with E-state index in [4.69, 9.17) is 14.8 Å². The summed E-state index contributed by atoms with van der Waals surface area (Å²) < 4.78 is 5.84. The van der Waals surface area contributed by atoms with Crippen LogP contribution in [0.4, 0.5) is 0 Å². The van der Waals surface area contributed by atoms with Crippen molar-refractivity contribution < 1.29 is 14.4 Å². The average Bonchev–Trinajstić information content (AvgIpc) is 3.22. The van der Waals surface area contributed by atoms with Crippen LogP contribution in [0.25, 0.3) is 0 Å². The van der Waals surface area contributed by atoms with Crippen LogP contribution < -0.4 is 4.74 Å². The Bertz CT molecular complexity index is 803. The first-order chi connectivity index (χ1) is 10.5. The van der Waals surface area contributed by atoms with Crippen molar-refractivity contribution in [3.8, 4) is 11.8 Å². The molecule has 3 heterocycles. The molecule has 0 saturated carbocycles. The molecular weight excluding hydrogens is 282 g/mol. The third-order valence-electron chi connectivity index (χ3n) is 3.86. The molecule has 0 radical (unpaired) electrons. The summed E-state index contributed by atoms with van der Waals surface area (Å²) in [5.74, 6) is 0.529. The van der Waals surface area contributed by atoms with Gasteiger partial charge in [0.05, 0.1) is 11.6 Å². The van der Waals surface area contributed by atoms with E-state index >= 15 is 0 Å². The second-order valence-corrected chi connectivity index (χ2v) is 5.91. The van der Waals surface area contributed by atoms with Crippen LogP contribution in [0.5, 0.6) is 5.75 Å². The van der Waals surface area contributed by atoms with Crippen molar-refractivity contribution in [1.29, 1.82) is 5.26 Å². The van der Waals surface area contributed by atoms with Gasteiger partial charge in [-0.1, -0.05) is 6.08 Å². The number of nitrogens with zero attached hydrogens (tertiary/aromatic N) is 3. The maximum atomic E-state index is 12.4. The lowest BCUT2D eigenvalue weighted by molar-refractivity contribution is -0.121. The third-order valence-corrected chi connectivity index (χ3v) is 3.86. The summed E-state index contributed by atoms with van der Waals surface area (Å²) in [5.41, 5.74) is -0.352. The molecule has 0 aromatic heterocycles. The number of ether oxygens (including phenoxy) is 1. The molecule has 0 spiro atoms. The van der Waals surface area contributed by atoms with E-state index in [1.54, 1.807) is 30.5 Å². The number of benzene rings is 1. The van der Waals surface area contributed by atoms with Crippen molar-refractivity contribution in [3.05, 3.63) is 41.6 Å². The second-order valence-electron chi connectivity index (χ2n) is 5.91. The predicted molar refractivity (Wildman–Crippen MR) is 76.8 cm³/mol. The Morgan fingerprint density at radius 2 is 2.23 bits per heavy atom. The summed E-state index contributed by atoms with van der Waals surface area (Å²) in [6.07, 6.45) is 3.79. The van der Waals surface area contributed by atoms with Gasteiger partial charge < -0.3 is 4.74 Å². The molecule has 1 unspecified atom stereocenters. The number of hydrogen-bond donors (Lipinski definition) is 0. The van der Waals surface area contributed by atoms with Gasteiger partial charge in [-0.3, -0.25) is 4.79 Å². The van der Waals surface area contributed by atoms with E-state index in [0.29, 0.717) is 29.0 Å². The minimum Gasteiger partial charge on any atom is -0.466 e. The summed E-state index contributed by atoms with van der Waals surface area (Å²) in [4.78, 5) is 22.6. The molecule has 1 fully saturated rings. The summed E-state index contributed by atoms with van der Waals surface area (Å²) in [7, 11) is 0. The molecule has 4 rings (SSSR count). The van der Waals surface area contributed by atoms with E-state index in [1.165, 1.54) is 5.06 Å². The summed E-state index contributed by atoms with van der Waals surface area (Å²) in [6.45, 7) is 3.64. The smallest absolute Gasteiger partial charge is 0.291 e. The fraction of sp³-hybridized carbons (Fsp3) is 0.312. The molecule has 1 atom stereocenters. The van der Waals surface area contributed by atoms with E-state index in [2.05, 4.69) is 11.1 Å². The lowest BCUT2D eigenvalue weighted by atomic mass is 9.91. The van der Waals surface area contributed by atoms with Gasteiger partial charge in [0, 0.05) is 18.2 Å². The molecule has 6 heteroatoms. The van der Waals surface area contributed by atoms with E-state index in [9.17, 15) is 4.79 Å². The van der Waals surface area contributed by atoms with Gasteiger partial charge in [-0.05, 0) is 32.0 Å². The van der Waals surface area contributed by atoms with Crippen molar-refractivity contribution >= 4 is 11.5 Å². The van der Waals surface area contributed by atoms with Gasteiger partial charge in [-0.25, -0.2) is 14.9 Å². The molecule has 22 heavy (non-hydrogen) atoms. The Morgan fingerprint density at radius 3 is 2.95 bits per heavy atom. The van der Waals surface area contributed by atoms with Gasteiger partial charge in [-0.15, -0.1) is 0 Å². The van der Waals surface area contributed by atoms with Crippen LogP contribution in [0, 0.1) is 11.3 Å². The molecule has 0 bridgehead atoms. The van der Waals surface area contributed by atoms with Gasteiger partial charge >= 0.3 is 0 Å².